The van der Waals surface area contributed by atoms with Crippen molar-refractivity contribution in [3.63, 3.8) is 0 Å². The zero-order valence-corrected chi connectivity index (χ0v) is 18.5. The first-order chi connectivity index (χ1) is 15.5. The van der Waals surface area contributed by atoms with Crippen molar-refractivity contribution < 1.29 is 19.1 Å². The van der Waals surface area contributed by atoms with Gasteiger partial charge in [-0.25, -0.2) is 0 Å². The van der Waals surface area contributed by atoms with Crippen LogP contribution in [0.4, 0.5) is 0 Å². The molecule has 0 radical (unpaired) electrons. The van der Waals surface area contributed by atoms with Crippen LogP contribution in [0.2, 0.25) is 0 Å². The molecule has 3 aliphatic rings. The zero-order valence-electron chi connectivity index (χ0n) is 18.5. The van der Waals surface area contributed by atoms with Crippen molar-refractivity contribution in [1.82, 2.24) is 10.2 Å². The van der Waals surface area contributed by atoms with Gasteiger partial charge in [0.25, 0.3) is 17.7 Å². The summed E-state index contributed by atoms with van der Waals surface area (Å²) in [5, 5.41) is 3.18. The van der Waals surface area contributed by atoms with Crippen molar-refractivity contribution in [3.05, 3.63) is 64.7 Å². The van der Waals surface area contributed by atoms with Crippen LogP contribution in [-0.2, 0) is 6.54 Å². The molecule has 2 fully saturated rings. The number of imide groups is 1. The van der Waals surface area contributed by atoms with Crippen LogP contribution in [0, 0.1) is 17.8 Å². The van der Waals surface area contributed by atoms with Gasteiger partial charge in [-0.15, -0.1) is 0 Å². The molecule has 6 nitrogen and oxygen atoms in total. The van der Waals surface area contributed by atoms with E-state index in [1.807, 2.05) is 0 Å². The summed E-state index contributed by atoms with van der Waals surface area (Å²) in [4.78, 5) is 39.8. The maximum atomic E-state index is 13.2. The molecular weight excluding hydrogens is 404 g/mol. The van der Waals surface area contributed by atoms with E-state index >= 15 is 0 Å². The molecular formula is C26H28N2O4. The molecule has 3 amide bonds. The number of amides is 3. The highest BCUT2D eigenvalue weighted by Crippen LogP contribution is 2.49. The predicted octanol–water partition coefficient (Wildman–Crippen LogP) is 4.05. The van der Waals surface area contributed by atoms with E-state index in [0.29, 0.717) is 33.9 Å². The lowest BCUT2D eigenvalue weighted by atomic mass is 9.84. The number of fused-ring (bicyclic) bond motifs is 3. The fraction of sp³-hybridized carbons (Fsp3) is 0.423. The Morgan fingerprint density at radius 2 is 1.81 bits per heavy atom. The van der Waals surface area contributed by atoms with Gasteiger partial charge in [0.15, 0.2) is 0 Å². The average molecular weight is 433 g/mol. The largest absolute Gasteiger partial charge is 0.496 e. The molecule has 4 atom stereocenters. The molecule has 2 aromatic rings. The Morgan fingerprint density at radius 1 is 1.09 bits per heavy atom. The molecule has 0 spiro atoms. The van der Waals surface area contributed by atoms with Crippen LogP contribution in [0.25, 0.3) is 0 Å². The topological polar surface area (TPSA) is 75.7 Å². The summed E-state index contributed by atoms with van der Waals surface area (Å²) in [6.07, 6.45) is 5.09. The second-order valence-corrected chi connectivity index (χ2v) is 9.38. The van der Waals surface area contributed by atoms with Crippen molar-refractivity contribution in [1.29, 1.82) is 0 Å². The number of nitrogens with zero attached hydrogens (tertiary/aromatic N) is 1. The summed E-state index contributed by atoms with van der Waals surface area (Å²) >= 11 is 0. The van der Waals surface area contributed by atoms with Gasteiger partial charge in [-0.05, 0) is 73.8 Å². The van der Waals surface area contributed by atoms with Gasteiger partial charge < -0.3 is 10.1 Å². The lowest BCUT2D eigenvalue weighted by Crippen LogP contribution is -2.40. The van der Waals surface area contributed by atoms with Crippen LogP contribution < -0.4 is 10.1 Å². The monoisotopic (exact) mass is 432 g/mol. The molecule has 6 heteroatoms. The van der Waals surface area contributed by atoms with E-state index in [-0.39, 0.29) is 30.3 Å². The van der Waals surface area contributed by atoms with Crippen molar-refractivity contribution in [3.8, 4) is 5.75 Å². The summed E-state index contributed by atoms with van der Waals surface area (Å²) in [7, 11) is 1.54. The Labute approximate surface area is 187 Å². The van der Waals surface area contributed by atoms with E-state index < -0.39 is 0 Å². The first kappa shape index (κ1) is 20.7. The summed E-state index contributed by atoms with van der Waals surface area (Å²) in [5.41, 5.74) is 1.97. The number of hydrogen-bond acceptors (Lipinski definition) is 4. The van der Waals surface area contributed by atoms with Crippen LogP contribution in [0.5, 0.6) is 5.75 Å². The van der Waals surface area contributed by atoms with E-state index in [1.165, 1.54) is 37.7 Å². The van der Waals surface area contributed by atoms with Crippen LogP contribution in [0.15, 0.2) is 42.5 Å². The average Bonchev–Trinajstić information content (AvgIpc) is 3.50. The Morgan fingerprint density at radius 3 is 2.41 bits per heavy atom. The minimum absolute atomic E-state index is 0.0994. The number of nitrogens with one attached hydrogen (secondary N) is 1. The van der Waals surface area contributed by atoms with Gasteiger partial charge in [0.1, 0.15) is 5.75 Å². The van der Waals surface area contributed by atoms with Crippen LogP contribution in [0.1, 0.15) is 69.2 Å². The van der Waals surface area contributed by atoms with Gasteiger partial charge in [-0.1, -0.05) is 24.6 Å². The van der Waals surface area contributed by atoms with Gasteiger partial charge in [0.2, 0.25) is 0 Å². The predicted molar refractivity (Wildman–Crippen MR) is 120 cm³/mol. The van der Waals surface area contributed by atoms with Crippen molar-refractivity contribution in [2.75, 3.05) is 7.11 Å². The van der Waals surface area contributed by atoms with Crippen molar-refractivity contribution >= 4 is 17.7 Å². The van der Waals surface area contributed by atoms with Crippen molar-refractivity contribution in [2.24, 2.45) is 17.8 Å². The standard InChI is InChI=1S/C26H28N2O4/c1-15(21-12-16-7-9-18(21)11-16)27-24(29)22-13-17(8-10-23(22)32-2)14-28-25(30)19-5-3-4-6-20(19)26(28)31/h3-6,8,10,13,15-16,18,21H,7,9,11-12,14H2,1-2H3,(H,27,29). The number of benzene rings is 2. The molecule has 1 aliphatic heterocycles. The van der Waals surface area contributed by atoms with E-state index in [0.717, 1.165) is 11.8 Å². The molecule has 2 bridgehead atoms. The molecule has 1 N–H and O–H groups in total. The Balaban J connectivity index is 1.33. The number of ether oxygens (including phenoxy) is 1. The number of rotatable bonds is 6. The van der Waals surface area contributed by atoms with Gasteiger partial charge >= 0.3 is 0 Å². The fourth-order valence-electron chi connectivity index (χ4n) is 5.89. The summed E-state index contributed by atoms with van der Waals surface area (Å²) < 4.78 is 5.43. The molecule has 2 saturated carbocycles. The number of methoxy groups -OCH3 is 1. The number of carbonyl (C=O) groups excluding carboxylic acids is 3. The zero-order chi connectivity index (χ0) is 22.4. The molecule has 4 unspecified atom stereocenters. The third kappa shape index (κ3) is 3.48. The SMILES string of the molecule is COc1ccc(CN2C(=O)c3ccccc3C2=O)cc1C(=O)NC(C)C1CC2CCC1C2. The maximum Gasteiger partial charge on any atom is 0.261 e. The van der Waals surface area contributed by atoms with E-state index in [4.69, 9.17) is 4.74 Å². The fourth-order valence-corrected chi connectivity index (χ4v) is 5.89. The highest BCUT2D eigenvalue weighted by atomic mass is 16.5. The molecule has 0 saturated heterocycles. The van der Waals surface area contributed by atoms with Gasteiger partial charge in [0, 0.05) is 6.04 Å². The highest BCUT2D eigenvalue weighted by molar-refractivity contribution is 6.21. The van der Waals surface area contributed by atoms with Gasteiger partial charge in [0.05, 0.1) is 30.3 Å². The molecule has 32 heavy (non-hydrogen) atoms. The molecule has 0 aromatic heterocycles. The first-order valence-corrected chi connectivity index (χ1v) is 11.4. The number of hydrogen-bond donors (Lipinski definition) is 1. The molecule has 1 heterocycles. The van der Waals surface area contributed by atoms with Crippen LogP contribution >= 0.6 is 0 Å². The Bertz CT molecular complexity index is 1060. The van der Waals surface area contributed by atoms with E-state index in [9.17, 15) is 14.4 Å². The molecule has 2 aliphatic carbocycles. The molecule has 5 rings (SSSR count). The Hall–Kier alpha value is -3.15. The lowest BCUT2D eigenvalue weighted by Gasteiger charge is -2.28. The van der Waals surface area contributed by atoms with Gasteiger partial charge in [-0.2, -0.15) is 0 Å². The van der Waals surface area contributed by atoms with Crippen LogP contribution in [0.3, 0.4) is 0 Å². The normalized spacial score (nSPS) is 24.6. The second-order valence-electron chi connectivity index (χ2n) is 9.38. The number of carbonyl (C=O) groups is 3. The smallest absolute Gasteiger partial charge is 0.261 e. The summed E-state index contributed by atoms with van der Waals surface area (Å²) in [5.74, 6) is 1.76. The third-order valence-electron chi connectivity index (χ3n) is 7.52. The first-order valence-electron chi connectivity index (χ1n) is 11.4. The van der Waals surface area contributed by atoms with Crippen molar-refractivity contribution in [2.45, 2.75) is 45.2 Å². The lowest BCUT2D eigenvalue weighted by molar-refractivity contribution is 0.0642. The highest BCUT2D eigenvalue weighted by Gasteiger charge is 2.42. The maximum absolute atomic E-state index is 13.2. The quantitative estimate of drug-likeness (QED) is 0.699. The minimum Gasteiger partial charge on any atom is -0.496 e. The van der Waals surface area contributed by atoms with E-state index in [1.54, 1.807) is 42.5 Å². The summed E-state index contributed by atoms with van der Waals surface area (Å²) in [6.45, 7) is 2.21. The third-order valence-corrected chi connectivity index (χ3v) is 7.52. The molecule has 2 aromatic carbocycles. The minimum atomic E-state index is -0.308. The second kappa shape index (κ2) is 8.08. The Kier molecular flexibility index (Phi) is 5.24. The molecule has 166 valence electrons. The summed E-state index contributed by atoms with van der Waals surface area (Å²) in [6, 6.07) is 12.2. The van der Waals surface area contributed by atoms with Crippen LogP contribution in [-0.4, -0.2) is 35.8 Å². The van der Waals surface area contributed by atoms with E-state index in [2.05, 4.69) is 12.2 Å². The van der Waals surface area contributed by atoms with Gasteiger partial charge in [-0.3, -0.25) is 19.3 Å².